The molecular weight excluding hydrogens is 318 g/mol. The lowest BCUT2D eigenvalue weighted by Crippen LogP contribution is -2.36. The Morgan fingerprint density at radius 1 is 1.25 bits per heavy atom. The van der Waals surface area contributed by atoms with Gasteiger partial charge >= 0.3 is 0 Å². The number of rotatable bonds is 6. The van der Waals surface area contributed by atoms with Gasteiger partial charge in [-0.3, -0.25) is 4.79 Å². The molecule has 1 fully saturated rings. The average Bonchev–Trinajstić information content (AvgIpc) is 3.16. The smallest absolute Gasteiger partial charge is 0.224 e. The summed E-state index contributed by atoms with van der Waals surface area (Å²) in [6.07, 6.45) is 3.88. The van der Waals surface area contributed by atoms with Gasteiger partial charge in [0.1, 0.15) is 0 Å². The van der Waals surface area contributed by atoms with Gasteiger partial charge in [-0.15, -0.1) is 11.3 Å². The van der Waals surface area contributed by atoms with Crippen LogP contribution >= 0.6 is 11.3 Å². The number of thiophene rings is 1. The summed E-state index contributed by atoms with van der Waals surface area (Å²) in [5, 5.41) is 5.34. The Labute approximate surface area is 148 Å². The van der Waals surface area contributed by atoms with Crippen LogP contribution in [-0.4, -0.2) is 19.1 Å². The van der Waals surface area contributed by atoms with Crippen molar-refractivity contribution in [2.45, 2.75) is 38.6 Å². The van der Waals surface area contributed by atoms with Crippen LogP contribution in [0.5, 0.6) is 0 Å². The molecule has 128 valence electrons. The molecule has 0 bridgehead atoms. The predicted octanol–water partition coefficient (Wildman–Crippen LogP) is 4.33. The van der Waals surface area contributed by atoms with E-state index in [2.05, 4.69) is 48.0 Å². The van der Waals surface area contributed by atoms with E-state index in [-0.39, 0.29) is 17.9 Å². The molecule has 2 aromatic rings. The third kappa shape index (κ3) is 4.25. The monoisotopic (exact) mass is 343 g/mol. The number of carbonyl (C=O) groups excluding carboxylic acids is 1. The fraction of sp³-hybridized carbons (Fsp3) is 0.450. The number of nitrogens with one attached hydrogen (secondary N) is 1. The summed E-state index contributed by atoms with van der Waals surface area (Å²) in [6.45, 7) is 3.57. The number of benzene rings is 1. The van der Waals surface area contributed by atoms with E-state index in [0.29, 0.717) is 13.2 Å². The molecule has 0 spiro atoms. The van der Waals surface area contributed by atoms with Crippen LogP contribution in [0.4, 0.5) is 0 Å². The quantitative estimate of drug-likeness (QED) is 0.847. The molecule has 0 radical (unpaired) electrons. The van der Waals surface area contributed by atoms with Crippen LogP contribution in [0, 0.1) is 5.92 Å². The minimum atomic E-state index is -0.0592. The van der Waals surface area contributed by atoms with Gasteiger partial charge in [0.05, 0.1) is 6.04 Å². The molecule has 0 saturated carbocycles. The summed E-state index contributed by atoms with van der Waals surface area (Å²) in [5.74, 6) is 0.218. The molecule has 1 aliphatic rings. The molecule has 1 atom stereocenters. The van der Waals surface area contributed by atoms with E-state index in [0.717, 1.165) is 31.2 Å². The number of aryl methyl sites for hydroxylation is 1. The van der Waals surface area contributed by atoms with Gasteiger partial charge in [-0.2, -0.15) is 0 Å². The lowest BCUT2D eigenvalue weighted by Gasteiger charge is -2.25. The standard InChI is InChI=1S/C20H25NO2S/c1-2-4-15-6-8-16(9-7-15)19(18-5-3-14-24-18)21-20(22)17-10-12-23-13-11-17/h3,5-9,14,17,19H,2,4,10-13H2,1H3,(H,21,22)/t19-/m0/s1. The van der Waals surface area contributed by atoms with Gasteiger partial charge < -0.3 is 10.1 Å². The van der Waals surface area contributed by atoms with Crippen molar-refractivity contribution in [3.63, 3.8) is 0 Å². The zero-order chi connectivity index (χ0) is 16.8. The molecule has 0 unspecified atom stereocenters. The SMILES string of the molecule is CCCc1ccc([C@H](NC(=O)C2CCOCC2)c2cccs2)cc1. The highest BCUT2D eigenvalue weighted by Crippen LogP contribution is 2.28. The minimum absolute atomic E-state index is 0.0592. The third-order valence-electron chi connectivity index (χ3n) is 4.56. The van der Waals surface area contributed by atoms with Crippen molar-refractivity contribution in [2.24, 2.45) is 5.92 Å². The first kappa shape index (κ1) is 17.2. The molecule has 3 rings (SSSR count). The number of hydrogen-bond donors (Lipinski definition) is 1. The fourth-order valence-corrected chi connectivity index (χ4v) is 3.96. The summed E-state index contributed by atoms with van der Waals surface area (Å²) in [6, 6.07) is 12.7. The highest BCUT2D eigenvalue weighted by atomic mass is 32.1. The van der Waals surface area contributed by atoms with Crippen molar-refractivity contribution in [1.82, 2.24) is 5.32 Å². The van der Waals surface area contributed by atoms with E-state index in [9.17, 15) is 4.79 Å². The molecule has 1 amide bonds. The van der Waals surface area contributed by atoms with Crippen molar-refractivity contribution in [3.8, 4) is 0 Å². The highest BCUT2D eigenvalue weighted by Gasteiger charge is 2.25. The normalized spacial score (nSPS) is 16.7. The topological polar surface area (TPSA) is 38.3 Å². The van der Waals surface area contributed by atoms with Crippen molar-refractivity contribution in [1.29, 1.82) is 0 Å². The summed E-state index contributed by atoms with van der Waals surface area (Å²) < 4.78 is 5.37. The van der Waals surface area contributed by atoms with Crippen LogP contribution in [0.15, 0.2) is 41.8 Å². The molecule has 0 aliphatic carbocycles. The van der Waals surface area contributed by atoms with E-state index in [1.807, 2.05) is 6.07 Å². The first-order valence-electron chi connectivity index (χ1n) is 8.78. The van der Waals surface area contributed by atoms with Crippen molar-refractivity contribution < 1.29 is 9.53 Å². The number of ether oxygens (including phenoxy) is 1. The van der Waals surface area contributed by atoms with Gasteiger partial charge in [-0.25, -0.2) is 0 Å². The molecule has 4 heteroatoms. The fourth-order valence-electron chi connectivity index (χ4n) is 3.16. The van der Waals surface area contributed by atoms with Crippen LogP contribution in [-0.2, 0) is 16.0 Å². The van der Waals surface area contributed by atoms with Crippen LogP contribution in [0.3, 0.4) is 0 Å². The Morgan fingerprint density at radius 2 is 2.00 bits per heavy atom. The zero-order valence-electron chi connectivity index (χ0n) is 14.2. The first-order valence-corrected chi connectivity index (χ1v) is 9.66. The van der Waals surface area contributed by atoms with E-state index in [1.165, 1.54) is 10.4 Å². The van der Waals surface area contributed by atoms with Crippen molar-refractivity contribution in [2.75, 3.05) is 13.2 Å². The van der Waals surface area contributed by atoms with Gasteiger partial charge in [0.25, 0.3) is 0 Å². The first-order chi connectivity index (χ1) is 11.8. The van der Waals surface area contributed by atoms with Crippen molar-refractivity contribution in [3.05, 3.63) is 57.8 Å². The molecule has 1 aromatic heterocycles. The minimum Gasteiger partial charge on any atom is -0.381 e. The number of hydrogen-bond acceptors (Lipinski definition) is 3. The Morgan fingerprint density at radius 3 is 2.62 bits per heavy atom. The van der Waals surface area contributed by atoms with Crippen LogP contribution in [0.1, 0.15) is 48.2 Å². The molecule has 1 saturated heterocycles. The van der Waals surface area contributed by atoms with Gasteiger partial charge in [0, 0.05) is 24.0 Å². The largest absolute Gasteiger partial charge is 0.381 e. The van der Waals surface area contributed by atoms with Crippen molar-refractivity contribution >= 4 is 17.2 Å². The maximum atomic E-state index is 12.7. The van der Waals surface area contributed by atoms with E-state index >= 15 is 0 Å². The highest BCUT2D eigenvalue weighted by molar-refractivity contribution is 7.10. The van der Waals surface area contributed by atoms with Gasteiger partial charge in [0.2, 0.25) is 5.91 Å². The van der Waals surface area contributed by atoms with Crippen LogP contribution in [0.25, 0.3) is 0 Å². The Balaban J connectivity index is 1.77. The summed E-state index contributed by atoms with van der Waals surface area (Å²) >= 11 is 1.69. The second kappa shape index (κ2) is 8.45. The number of amides is 1. The molecule has 2 heterocycles. The molecule has 1 aliphatic heterocycles. The molecular formula is C20H25NO2S. The maximum absolute atomic E-state index is 12.7. The zero-order valence-corrected chi connectivity index (χ0v) is 15.0. The average molecular weight is 343 g/mol. The van der Waals surface area contributed by atoms with E-state index in [1.54, 1.807) is 11.3 Å². The van der Waals surface area contributed by atoms with Crippen LogP contribution < -0.4 is 5.32 Å². The molecule has 24 heavy (non-hydrogen) atoms. The van der Waals surface area contributed by atoms with Gasteiger partial charge in [-0.05, 0) is 41.8 Å². The summed E-state index contributed by atoms with van der Waals surface area (Å²) in [7, 11) is 0. The second-order valence-electron chi connectivity index (χ2n) is 6.34. The Hall–Kier alpha value is -1.65. The second-order valence-corrected chi connectivity index (χ2v) is 7.31. The molecule has 1 N–H and O–H groups in total. The third-order valence-corrected chi connectivity index (χ3v) is 5.50. The van der Waals surface area contributed by atoms with E-state index in [4.69, 9.17) is 4.74 Å². The molecule has 1 aromatic carbocycles. The summed E-state index contributed by atoms with van der Waals surface area (Å²) in [5.41, 5.74) is 2.50. The predicted molar refractivity (Wildman–Crippen MR) is 98.3 cm³/mol. The Bertz CT molecular complexity index is 630. The van der Waals surface area contributed by atoms with Crippen LogP contribution in [0.2, 0.25) is 0 Å². The number of carbonyl (C=O) groups is 1. The van der Waals surface area contributed by atoms with Gasteiger partial charge in [-0.1, -0.05) is 43.7 Å². The Kier molecular flexibility index (Phi) is 6.05. The lowest BCUT2D eigenvalue weighted by molar-refractivity contribution is -0.128. The maximum Gasteiger partial charge on any atom is 0.224 e. The lowest BCUT2D eigenvalue weighted by atomic mass is 9.97. The van der Waals surface area contributed by atoms with E-state index < -0.39 is 0 Å². The van der Waals surface area contributed by atoms with Gasteiger partial charge in [0.15, 0.2) is 0 Å². The summed E-state index contributed by atoms with van der Waals surface area (Å²) in [4.78, 5) is 13.9. The molecule has 3 nitrogen and oxygen atoms in total.